The molecule has 6 rings (SSSR count). The van der Waals surface area contributed by atoms with Gasteiger partial charge in [0, 0.05) is 36.6 Å². The largest absolute Gasteiger partial charge is 0.341 e. The number of tetrazole rings is 1. The van der Waals surface area contributed by atoms with E-state index in [9.17, 15) is 4.79 Å². The zero-order valence-electron chi connectivity index (χ0n) is 23.8. The van der Waals surface area contributed by atoms with Crippen LogP contribution >= 0.6 is 11.6 Å². The maximum Gasteiger partial charge on any atom is 0.240 e. The van der Waals surface area contributed by atoms with Gasteiger partial charge in [-0.2, -0.15) is 10.3 Å². The smallest absolute Gasteiger partial charge is 0.240 e. The first-order valence-corrected chi connectivity index (χ1v) is 15.8. The van der Waals surface area contributed by atoms with Crippen molar-refractivity contribution in [3.05, 3.63) is 53.3 Å². The topological polar surface area (TPSA) is 118 Å². The van der Waals surface area contributed by atoms with Crippen molar-refractivity contribution in [2.45, 2.75) is 102 Å². The SMILES string of the molecule is O=C([C@@H](Cc1ccc(Cl)cc1)NC1CCC(c2nn[nH]n2)CC1)N1CCC(Cn2cncn2)(C2CCCCC2)CC1. The Bertz CT molecular complexity index is 1210. The molecular formula is C30H42ClN9O. The van der Waals surface area contributed by atoms with Crippen LogP contribution in [0.5, 0.6) is 0 Å². The molecule has 3 heterocycles. The highest BCUT2D eigenvalue weighted by Gasteiger charge is 2.44. The number of likely N-dealkylation sites (tertiary alicyclic amines) is 1. The van der Waals surface area contributed by atoms with Crippen molar-refractivity contribution in [2.75, 3.05) is 13.1 Å². The van der Waals surface area contributed by atoms with Crippen molar-refractivity contribution in [3.63, 3.8) is 0 Å². The number of hydrogen-bond acceptors (Lipinski definition) is 7. The molecule has 1 aromatic carbocycles. The highest BCUT2D eigenvalue weighted by atomic mass is 35.5. The minimum absolute atomic E-state index is 0.178. The summed E-state index contributed by atoms with van der Waals surface area (Å²) in [7, 11) is 0. The summed E-state index contributed by atoms with van der Waals surface area (Å²) in [6, 6.07) is 7.94. The van der Waals surface area contributed by atoms with E-state index in [4.69, 9.17) is 11.6 Å². The van der Waals surface area contributed by atoms with E-state index < -0.39 is 0 Å². The van der Waals surface area contributed by atoms with E-state index in [1.165, 1.54) is 32.1 Å². The van der Waals surface area contributed by atoms with Gasteiger partial charge < -0.3 is 10.2 Å². The van der Waals surface area contributed by atoms with Crippen LogP contribution in [0.25, 0.3) is 0 Å². The van der Waals surface area contributed by atoms with Crippen molar-refractivity contribution in [3.8, 4) is 0 Å². The van der Waals surface area contributed by atoms with Crippen LogP contribution in [-0.4, -0.2) is 71.4 Å². The van der Waals surface area contributed by atoms with Crippen molar-refractivity contribution in [1.29, 1.82) is 0 Å². The molecule has 41 heavy (non-hydrogen) atoms. The molecule has 3 aliphatic rings. The zero-order chi connectivity index (χ0) is 28.1. The van der Waals surface area contributed by atoms with Crippen LogP contribution in [-0.2, 0) is 17.8 Å². The van der Waals surface area contributed by atoms with Crippen LogP contribution in [0.3, 0.4) is 0 Å². The lowest BCUT2D eigenvalue weighted by atomic mass is 9.63. The minimum atomic E-state index is -0.264. The molecule has 3 aromatic rings. The third-order valence-corrected chi connectivity index (χ3v) is 10.3. The van der Waals surface area contributed by atoms with Crippen LogP contribution in [0.4, 0.5) is 0 Å². The summed E-state index contributed by atoms with van der Waals surface area (Å²) in [5.74, 6) is 2.04. The number of carbonyl (C=O) groups is 1. The standard InChI is InChI=1S/C30H42ClN9O/c31-25-10-6-22(7-11-25)18-27(34-26-12-8-23(9-13-26)28-35-37-38-36-28)29(41)39-16-14-30(15-17-39,19-40-21-32-20-33-40)24-4-2-1-3-5-24/h6-7,10-11,20-21,23-24,26-27,34H,1-5,8-9,12-19H2,(H,35,36,37,38)/t23?,26?,27-/m1/s1. The molecule has 0 spiro atoms. The summed E-state index contributed by atoms with van der Waals surface area (Å²) < 4.78 is 2.02. The van der Waals surface area contributed by atoms with E-state index >= 15 is 0 Å². The first kappa shape index (κ1) is 28.3. The Hall–Kier alpha value is -2.85. The van der Waals surface area contributed by atoms with E-state index in [1.54, 1.807) is 6.33 Å². The second-order valence-corrected chi connectivity index (χ2v) is 12.9. The van der Waals surface area contributed by atoms with E-state index in [0.29, 0.717) is 23.3 Å². The number of piperidine rings is 1. The normalized spacial score (nSPS) is 24.3. The highest BCUT2D eigenvalue weighted by Crippen LogP contribution is 2.47. The lowest BCUT2D eigenvalue weighted by molar-refractivity contribution is -0.137. The lowest BCUT2D eigenvalue weighted by Gasteiger charge is -2.48. The van der Waals surface area contributed by atoms with Crippen LogP contribution in [0.15, 0.2) is 36.9 Å². The van der Waals surface area contributed by atoms with E-state index in [1.807, 2.05) is 35.3 Å². The van der Waals surface area contributed by atoms with Gasteiger partial charge in [-0.3, -0.25) is 9.48 Å². The fourth-order valence-corrected chi connectivity index (χ4v) is 7.79. The fraction of sp³-hybridized carbons (Fsp3) is 0.667. The molecule has 1 amide bonds. The third kappa shape index (κ3) is 6.80. The first-order valence-electron chi connectivity index (χ1n) is 15.4. The number of hydrogen-bond donors (Lipinski definition) is 2. The molecule has 0 unspecified atom stereocenters. The molecule has 2 N–H and O–H groups in total. The maximum atomic E-state index is 14.2. The molecule has 1 aliphatic heterocycles. The number of carbonyl (C=O) groups excluding carboxylic acids is 1. The summed E-state index contributed by atoms with van der Waals surface area (Å²) in [6.07, 6.45) is 16.7. The number of amides is 1. The Morgan fingerprint density at radius 2 is 1.80 bits per heavy atom. The highest BCUT2D eigenvalue weighted by molar-refractivity contribution is 6.30. The average molecular weight is 580 g/mol. The van der Waals surface area contributed by atoms with E-state index in [0.717, 1.165) is 69.5 Å². The second kappa shape index (κ2) is 13.0. The van der Waals surface area contributed by atoms with Gasteiger partial charge in [-0.15, -0.1) is 10.2 Å². The van der Waals surface area contributed by atoms with Gasteiger partial charge in [0.05, 0.1) is 6.04 Å². The van der Waals surface area contributed by atoms with Crippen LogP contribution in [0, 0.1) is 11.3 Å². The predicted molar refractivity (Wildman–Crippen MR) is 156 cm³/mol. The molecule has 1 saturated heterocycles. The monoisotopic (exact) mass is 579 g/mol. The second-order valence-electron chi connectivity index (χ2n) is 12.5. The number of nitrogens with one attached hydrogen (secondary N) is 2. The molecular weight excluding hydrogens is 538 g/mol. The van der Waals surface area contributed by atoms with Gasteiger partial charge in [-0.1, -0.05) is 48.2 Å². The van der Waals surface area contributed by atoms with Gasteiger partial charge in [-0.25, -0.2) is 4.98 Å². The molecule has 0 radical (unpaired) electrons. The van der Waals surface area contributed by atoms with Crippen LogP contribution in [0.2, 0.25) is 5.02 Å². The number of nitrogens with zero attached hydrogens (tertiary/aromatic N) is 7. The Balaban J connectivity index is 1.13. The quantitative estimate of drug-likeness (QED) is 0.381. The minimum Gasteiger partial charge on any atom is -0.341 e. The van der Waals surface area contributed by atoms with Crippen molar-refractivity contribution in [2.24, 2.45) is 11.3 Å². The zero-order valence-corrected chi connectivity index (χ0v) is 24.6. The number of rotatable bonds is 9. The summed E-state index contributed by atoms with van der Waals surface area (Å²) in [6.45, 7) is 2.50. The van der Waals surface area contributed by atoms with Gasteiger partial charge >= 0.3 is 0 Å². The molecule has 2 aliphatic carbocycles. The Morgan fingerprint density at radius 3 is 2.46 bits per heavy atom. The molecule has 1 atom stereocenters. The third-order valence-electron chi connectivity index (χ3n) is 10.0. The van der Waals surface area contributed by atoms with Crippen LogP contribution < -0.4 is 5.32 Å². The molecule has 2 aromatic heterocycles. The lowest BCUT2D eigenvalue weighted by Crippen LogP contribution is -2.55. The molecule has 3 fully saturated rings. The van der Waals surface area contributed by atoms with Gasteiger partial charge in [-0.05, 0) is 86.8 Å². The first-order chi connectivity index (χ1) is 20.1. The van der Waals surface area contributed by atoms with Gasteiger partial charge in [0.2, 0.25) is 5.91 Å². The summed E-state index contributed by atoms with van der Waals surface area (Å²) in [5.41, 5.74) is 1.30. The molecule has 220 valence electrons. The molecule has 11 heteroatoms. The summed E-state index contributed by atoms with van der Waals surface area (Å²) in [5, 5.41) is 23.7. The Labute approximate surface area is 247 Å². The summed E-state index contributed by atoms with van der Waals surface area (Å²) in [4.78, 5) is 20.5. The van der Waals surface area contributed by atoms with Gasteiger partial charge in [0.15, 0.2) is 5.82 Å². The fourth-order valence-electron chi connectivity index (χ4n) is 7.66. The average Bonchev–Trinajstić information content (AvgIpc) is 3.74. The van der Waals surface area contributed by atoms with E-state index in [-0.39, 0.29) is 23.4 Å². The van der Waals surface area contributed by atoms with Crippen molar-refractivity contribution in [1.82, 2.24) is 45.6 Å². The number of aromatic nitrogens is 7. The van der Waals surface area contributed by atoms with Gasteiger partial charge in [0.25, 0.3) is 0 Å². The number of aromatic amines is 1. The molecule has 2 saturated carbocycles. The maximum absolute atomic E-state index is 14.2. The number of halogens is 1. The Morgan fingerprint density at radius 1 is 1.05 bits per heavy atom. The van der Waals surface area contributed by atoms with E-state index in [2.05, 4.69) is 40.9 Å². The number of benzene rings is 1. The van der Waals surface area contributed by atoms with Crippen LogP contribution in [0.1, 0.15) is 87.9 Å². The van der Waals surface area contributed by atoms with Gasteiger partial charge in [0.1, 0.15) is 12.7 Å². The number of H-pyrrole nitrogens is 1. The molecule has 0 bridgehead atoms. The molecule has 10 nitrogen and oxygen atoms in total. The summed E-state index contributed by atoms with van der Waals surface area (Å²) >= 11 is 6.17. The predicted octanol–water partition coefficient (Wildman–Crippen LogP) is 4.56. The van der Waals surface area contributed by atoms with Crippen molar-refractivity contribution < 1.29 is 4.79 Å². The van der Waals surface area contributed by atoms with Crippen molar-refractivity contribution >= 4 is 17.5 Å². The Kier molecular flexibility index (Phi) is 8.95.